The van der Waals surface area contributed by atoms with Gasteiger partial charge in [-0.15, -0.1) is 11.3 Å². The van der Waals surface area contributed by atoms with Crippen LogP contribution in [0.3, 0.4) is 0 Å². The first-order valence-electron chi connectivity index (χ1n) is 8.86. The summed E-state index contributed by atoms with van der Waals surface area (Å²) in [6.45, 7) is 11.1. The fourth-order valence-electron chi connectivity index (χ4n) is 3.20. The van der Waals surface area contributed by atoms with E-state index in [4.69, 9.17) is 14.7 Å². The summed E-state index contributed by atoms with van der Waals surface area (Å²) in [5.74, 6) is 1.71. The molecule has 1 N–H and O–H groups in total. The Morgan fingerprint density at radius 2 is 2.12 bits per heavy atom. The number of anilines is 1. The molecule has 1 atom stereocenters. The lowest BCUT2D eigenvalue weighted by Crippen LogP contribution is -2.32. The number of pyridine rings is 1. The molecule has 4 rings (SSSR count). The molecule has 25 heavy (non-hydrogen) atoms. The van der Waals surface area contributed by atoms with E-state index in [9.17, 15) is 0 Å². The van der Waals surface area contributed by atoms with Crippen molar-refractivity contribution in [3.63, 3.8) is 0 Å². The molecule has 0 amide bonds. The maximum atomic E-state index is 5.96. The number of thiophene rings is 1. The zero-order chi connectivity index (χ0) is 17.8. The van der Waals surface area contributed by atoms with Crippen LogP contribution >= 0.6 is 11.3 Å². The van der Waals surface area contributed by atoms with E-state index in [-0.39, 0.29) is 5.60 Å². The van der Waals surface area contributed by atoms with Gasteiger partial charge in [0.25, 0.3) is 0 Å². The van der Waals surface area contributed by atoms with Crippen LogP contribution < -0.4 is 5.32 Å². The number of hydrogen-bond acceptors (Lipinski definition) is 6. The number of aromatic nitrogens is 3. The van der Waals surface area contributed by atoms with Gasteiger partial charge in [-0.05, 0) is 40.2 Å². The highest BCUT2D eigenvalue weighted by molar-refractivity contribution is 7.25. The van der Waals surface area contributed by atoms with Gasteiger partial charge in [0, 0.05) is 23.4 Å². The smallest absolute Gasteiger partial charge is 0.148 e. The van der Waals surface area contributed by atoms with E-state index in [2.05, 4.69) is 44.1 Å². The molecule has 0 bridgehead atoms. The van der Waals surface area contributed by atoms with Gasteiger partial charge in [-0.25, -0.2) is 15.0 Å². The number of rotatable bonds is 3. The van der Waals surface area contributed by atoms with Crippen molar-refractivity contribution in [2.45, 2.75) is 65.7 Å². The predicted octanol–water partition coefficient (Wildman–Crippen LogP) is 4.61. The lowest BCUT2D eigenvalue weighted by atomic mass is 9.95. The summed E-state index contributed by atoms with van der Waals surface area (Å²) in [6, 6.07) is 2.59. The number of nitrogens with zero attached hydrogens (tertiary/aromatic N) is 3. The fraction of sp³-hybridized carbons (Fsp3) is 0.526. The summed E-state index contributed by atoms with van der Waals surface area (Å²) < 4.78 is 7.06. The first kappa shape index (κ1) is 16.7. The molecule has 1 aliphatic rings. The minimum atomic E-state index is -0.149. The summed E-state index contributed by atoms with van der Waals surface area (Å²) >= 11 is 1.68. The first-order valence-corrected chi connectivity index (χ1v) is 9.68. The topological polar surface area (TPSA) is 59.9 Å². The standard InChI is InChI=1S/C19H24N4OS/c1-6-10(2)20-17-16-15(21-11(3)22-17)13-7-12-9-24-19(4,5)8-14(12)23-18(13)25-16/h7,10H,6,8-9H2,1-5H3,(H,20,21,22)/t10-/m0/s1. The number of hydrogen-bond donors (Lipinski definition) is 1. The van der Waals surface area contributed by atoms with Crippen molar-refractivity contribution in [2.75, 3.05) is 5.32 Å². The Morgan fingerprint density at radius 1 is 1.32 bits per heavy atom. The summed E-state index contributed by atoms with van der Waals surface area (Å²) in [6.07, 6.45) is 1.89. The van der Waals surface area contributed by atoms with Crippen molar-refractivity contribution in [3.05, 3.63) is 23.1 Å². The normalized spacial score (nSPS) is 17.6. The van der Waals surface area contributed by atoms with Gasteiger partial charge < -0.3 is 10.1 Å². The van der Waals surface area contributed by atoms with E-state index in [0.29, 0.717) is 12.6 Å². The molecule has 1 aliphatic heterocycles. The lowest BCUT2D eigenvalue weighted by Gasteiger charge is -2.30. The number of ether oxygens (including phenoxy) is 1. The minimum Gasteiger partial charge on any atom is -0.370 e. The summed E-state index contributed by atoms with van der Waals surface area (Å²) in [7, 11) is 0. The number of nitrogens with one attached hydrogen (secondary N) is 1. The van der Waals surface area contributed by atoms with Gasteiger partial charge in [0.15, 0.2) is 0 Å². The largest absolute Gasteiger partial charge is 0.370 e. The first-order chi connectivity index (χ1) is 11.9. The molecule has 0 radical (unpaired) electrons. The molecule has 0 spiro atoms. The van der Waals surface area contributed by atoms with Crippen molar-refractivity contribution in [3.8, 4) is 0 Å². The van der Waals surface area contributed by atoms with Gasteiger partial charge in [-0.1, -0.05) is 6.92 Å². The van der Waals surface area contributed by atoms with Crippen molar-refractivity contribution in [2.24, 2.45) is 0 Å². The molecule has 0 saturated carbocycles. The SMILES string of the molecule is CC[C@H](C)Nc1nc(C)nc2c1sc1nc3c(cc12)COC(C)(C)C3. The molecular weight excluding hydrogens is 332 g/mol. The summed E-state index contributed by atoms with van der Waals surface area (Å²) in [4.78, 5) is 15.4. The molecule has 3 aromatic heterocycles. The van der Waals surface area contributed by atoms with E-state index in [1.807, 2.05) is 6.92 Å². The molecule has 4 heterocycles. The minimum absolute atomic E-state index is 0.149. The van der Waals surface area contributed by atoms with Crippen LogP contribution in [0.1, 0.15) is 51.2 Å². The highest BCUT2D eigenvalue weighted by Gasteiger charge is 2.28. The van der Waals surface area contributed by atoms with Crippen LogP contribution in [-0.2, 0) is 17.8 Å². The number of aryl methyl sites for hydroxylation is 1. The molecular formula is C19H24N4OS. The van der Waals surface area contributed by atoms with Crippen LogP contribution in [0, 0.1) is 6.92 Å². The van der Waals surface area contributed by atoms with Crippen molar-refractivity contribution in [1.29, 1.82) is 0 Å². The second kappa shape index (κ2) is 5.88. The Labute approximate surface area is 151 Å². The Kier molecular flexibility index (Phi) is 3.92. The molecule has 132 valence electrons. The molecule has 0 saturated heterocycles. The van der Waals surface area contributed by atoms with E-state index < -0.39 is 0 Å². The van der Waals surface area contributed by atoms with E-state index in [1.165, 1.54) is 5.56 Å². The molecule has 0 fully saturated rings. The molecule has 3 aromatic rings. The average Bonchev–Trinajstić information content (AvgIpc) is 2.89. The average molecular weight is 356 g/mol. The van der Waals surface area contributed by atoms with Crippen molar-refractivity contribution in [1.82, 2.24) is 15.0 Å². The van der Waals surface area contributed by atoms with Gasteiger partial charge in [0.05, 0.1) is 28.1 Å². The van der Waals surface area contributed by atoms with Crippen LogP contribution in [0.5, 0.6) is 0 Å². The van der Waals surface area contributed by atoms with E-state index in [0.717, 1.165) is 50.6 Å². The van der Waals surface area contributed by atoms with Gasteiger partial charge in [-0.2, -0.15) is 0 Å². The molecule has 0 aliphatic carbocycles. The number of fused-ring (bicyclic) bond motifs is 4. The van der Waals surface area contributed by atoms with Crippen molar-refractivity contribution >= 4 is 37.6 Å². The monoisotopic (exact) mass is 356 g/mol. The maximum Gasteiger partial charge on any atom is 0.148 e. The van der Waals surface area contributed by atoms with E-state index >= 15 is 0 Å². The van der Waals surface area contributed by atoms with Crippen LogP contribution in [0.25, 0.3) is 20.4 Å². The molecule has 5 nitrogen and oxygen atoms in total. The third kappa shape index (κ3) is 2.98. The van der Waals surface area contributed by atoms with Gasteiger partial charge in [0.2, 0.25) is 0 Å². The van der Waals surface area contributed by atoms with E-state index in [1.54, 1.807) is 11.3 Å². The Hall–Kier alpha value is -1.79. The Morgan fingerprint density at radius 3 is 2.88 bits per heavy atom. The van der Waals surface area contributed by atoms with Crippen LogP contribution in [0.4, 0.5) is 5.82 Å². The van der Waals surface area contributed by atoms with Crippen molar-refractivity contribution < 1.29 is 4.74 Å². The maximum absolute atomic E-state index is 5.96. The summed E-state index contributed by atoms with van der Waals surface area (Å²) in [5, 5.41) is 4.64. The highest BCUT2D eigenvalue weighted by atomic mass is 32.1. The molecule has 6 heteroatoms. The second-order valence-electron chi connectivity index (χ2n) is 7.52. The Balaban J connectivity index is 1.91. The van der Waals surface area contributed by atoms with Gasteiger partial charge in [0.1, 0.15) is 16.5 Å². The third-order valence-corrected chi connectivity index (χ3v) is 5.89. The highest BCUT2D eigenvalue weighted by Crippen LogP contribution is 2.38. The van der Waals surface area contributed by atoms with Crippen LogP contribution in [-0.4, -0.2) is 26.6 Å². The zero-order valence-electron chi connectivity index (χ0n) is 15.4. The molecule has 0 unspecified atom stereocenters. The second-order valence-corrected chi connectivity index (χ2v) is 8.52. The van der Waals surface area contributed by atoms with Crippen LogP contribution in [0.2, 0.25) is 0 Å². The zero-order valence-corrected chi connectivity index (χ0v) is 16.3. The fourth-order valence-corrected chi connectivity index (χ4v) is 4.27. The quantitative estimate of drug-likeness (QED) is 0.742. The Bertz CT molecular complexity index is 963. The third-order valence-electron chi connectivity index (χ3n) is 4.79. The van der Waals surface area contributed by atoms with Gasteiger partial charge in [-0.3, -0.25) is 0 Å². The van der Waals surface area contributed by atoms with Crippen LogP contribution in [0.15, 0.2) is 6.07 Å². The lowest BCUT2D eigenvalue weighted by molar-refractivity contribution is -0.0411. The molecule has 0 aromatic carbocycles. The predicted molar refractivity (Wildman–Crippen MR) is 103 cm³/mol. The summed E-state index contributed by atoms with van der Waals surface area (Å²) in [5.41, 5.74) is 3.18. The van der Waals surface area contributed by atoms with Gasteiger partial charge >= 0.3 is 0 Å².